The number of hydrogen-bond donors (Lipinski definition) is 1. The average Bonchev–Trinajstić information content (AvgIpc) is 2.86. The minimum atomic E-state index is -0.00218. The standard InChI is InChI=1S/C14H25NO2S/c1-4-12(15)14(13-6-5-9-18-13)17-8-7-16-10-11(2)3/h5-6,9,11-12,14H,4,7-8,10,15H2,1-3H3. The van der Waals surface area contributed by atoms with Crippen LogP contribution in [0, 0.1) is 5.92 Å². The zero-order chi connectivity index (χ0) is 13.4. The molecular formula is C14H25NO2S. The zero-order valence-corrected chi connectivity index (χ0v) is 12.4. The molecule has 1 aromatic heterocycles. The van der Waals surface area contributed by atoms with Crippen LogP contribution in [0.2, 0.25) is 0 Å². The highest BCUT2D eigenvalue weighted by atomic mass is 32.1. The molecule has 2 atom stereocenters. The highest BCUT2D eigenvalue weighted by Crippen LogP contribution is 2.26. The van der Waals surface area contributed by atoms with Crippen LogP contribution < -0.4 is 5.73 Å². The lowest BCUT2D eigenvalue weighted by atomic mass is 10.1. The average molecular weight is 271 g/mol. The third-order valence-corrected chi connectivity index (χ3v) is 3.59. The summed E-state index contributed by atoms with van der Waals surface area (Å²) in [4.78, 5) is 1.20. The van der Waals surface area contributed by atoms with Crippen molar-refractivity contribution in [2.75, 3.05) is 19.8 Å². The predicted molar refractivity (Wildman–Crippen MR) is 76.9 cm³/mol. The number of rotatable bonds is 9. The Balaban J connectivity index is 2.34. The van der Waals surface area contributed by atoms with E-state index in [1.165, 1.54) is 4.88 Å². The van der Waals surface area contributed by atoms with Gasteiger partial charge in [-0.25, -0.2) is 0 Å². The maximum atomic E-state index is 6.11. The maximum Gasteiger partial charge on any atom is 0.107 e. The quantitative estimate of drug-likeness (QED) is 0.701. The molecule has 4 heteroatoms. The van der Waals surface area contributed by atoms with Gasteiger partial charge in [-0.1, -0.05) is 26.8 Å². The van der Waals surface area contributed by atoms with E-state index in [-0.39, 0.29) is 12.1 Å². The fourth-order valence-corrected chi connectivity index (χ4v) is 2.49. The van der Waals surface area contributed by atoms with Crippen molar-refractivity contribution in [1.29, 1.82) is 0 Å². The molecule has 2 unspecified atom stereocenters. The summed E-state index contributed by atoms with van der Waals surface area (Å²) in [5.41, 5.74) is 6.11. The van der Waals surface area contributed by atoms with E-state index in [1.54, 1.807) is 11.3 Å². The van der Waals surface area contributed by atoms with Crippen LogP contribution in [0.3, 0.4) is 0 Å². The SMILES string of the molecule is CCC(N)C(OCCOCC(C)C)c1cccs1. The lowest BCUT2D eigenvalue weighted by Crippen LogP contribution is -2.30. The van der Waals surface area contributed by atoms with E-state index in [0.29, 0.717) is 19.1 Å². The molecule has 2 N–H and O–H groups in total. The van der Waals surface area contributed by atoms with Gasteiger partial charge in [-0.05, 0) is 23.8 Å². The molecule has 0 aliphatic heterocycles. The van der Waals surface area contributed by atoms with Gasteiger partial charge in [-0.15, -0.1) is 11.3 Å². The second kappa shape index (κ2) is 8.64. The van der Waals surface area contributed by atoms with Crippen molar-refractivity contribution in [2.24, 2.45) is 11.7 Å². The van der Waals surface area contributed by atoms with Crippen molar-refractivity contribution in [3.63, 3.8) is 0 Å². The first-order valence-corrected chi connectivity index (χ1v) is 7.51. The number of thiophene rings is 1. The van der Waals surface area contributed by atoms with E-state index in [2.05, 4.69) is 32.2 Å². The smallest absolute Gasteiger partial charge is 0.107 e. The van der Waals surface area contributed by atoms with Crippen molar-refractivity contribution < 1.29 is 9.47 Å². The van der Waals surface area contributed by atoms with Crippen molar-refractivity contribution in [2.45, 2.75) is 39.3 Å². The van der Waals surface area contributed by atoms with Gasteiger partial charge in [-0.3, -0.25) is 0 Å². The van der Waals surface area contributed by atoms with Crippen LogP contribution in [0.15, 0.2) is 17.5 Å². The predicted octanol–water partition coefficient (Wildman–Crippen LogP) is 3.22. The fraction of sp³-hybridized carbons (Fsp3) is 0.714. The molecule has 0 saturated heterocycles. The van der Waals surface area contributed by atoms with Crippen LogP contribution >= 0.6 is 11.3 Å². The number of nitrogens with two attached hydrogens (primary N) is 1. The highest BCUT2D eigenvalue weighted by molar-refractivity contribution is 7.10. The second-order valence-corrected chi connectivity index (χ2v) is 5.83. The lowest BCUT2D eigenvalue weighted by molar-refractivity contribution is -0.0108. The Morgan fingerprint density at radius 3 is 2.67 bits per heavy atom. The molecule has 0 aliphatic rings. The Hall–Kier alpha value is -0.420. The van der Waals surface area contributed by atoms with E-state index in [1.807, 2.05) is 6.07 Å². The van der Waals surface area contributed by atoms with E-state index >= 15 is 0 Å². The third-order valence-electron chi connectivity index (χ3n) is 2.66. The molecule has 0 aromatic carbocycles. The summed E-state index contributed by atoms with van der Waals surface area (Å²) in [5.74, 6) is 0.566. The summed E-state index contributed by atoms with van der Waals surface area (Å²) in [6.07, 6.45) is 0.910. The third kappa shape index (κ3) is 5.48. The molecule has 1 rings (SSSR count). The largest absolute Gasteiger partial charge is 0.379 e. The molecule has 104 valence electrons. The van der Waals surface area contributed by atoms with Gasteiger partial charge in [0.1, 0.15) is 6.10 Å². The summed E-state index contributed by atoms with van der Waals surface area (Å²) in [7, 11) is 0. The summed E-state index contributed by atoms with van der Waals surface area (Å²) in [6, 6.07) is 4.17. The Labute approximate surface area is 114 Å². The first kappa shape index (κ1) is 15.6. The van der Waals surface area contributed by atoms with Gasteiger partial charge in [0.25, 0.3) is 0 Å². The topological polar surface area (TPSA) is 44.5 Å². The van der Waals surface area contributed by atoms with Crippen LogP contribution in [0.4, 0.5) is 0 Å². The minimum Gasteiger partial charge on any atom is -0.379 e. The van der Waals surface area contributed by atoms with E-state index in [0.717, 1.165) is 13.0 Å². The summed E-state index contributed by atoms with van der Waals surface area (Å²) in [6.45, 7) is 8.39. The van der Waals surface area contributed by atoms with E-state index in [4.69, 9.17) is 15.2 Å². The van der Waals surface area contributed by atoms with Gasteiger partial charge < -0.3 is 15.2 Å². The molecule has 18 heavy (non-hydrogen) atoms. The maximum absolute atomic E-state index is 6.11. The van der Waals surface area contributed by atoms with Crippen LogP contribution in [0.25, 0.3) is 0 Å². The van der Waals surface area contributed by atoms with E-state index < -0.39 is 0 Å². The number of ether oxygens (including phenoxy) is 2. The molecule has 0 radical (unpaired) electrons. The Kier molecular flexibility index (Phi) is 7.51. The van der Waals surface area contributed by atoms with Crippen LogP contribution in [-0.4, -0.2) is 25.9 Å². The van der Waals surface area contributed by atoms with Crippen LogP contribution in [0.1, 0.15) is 38.2 Å². The Morgan fingerprint density at radius 2 is 2.11 bits per heavy atom. The van der Waals surface area contributed by atoms with Crippen molar-refractivity contribution >= 4 is 11.3 Å². The van der Waals surface area contributed by atoms with Gasteiger partial charge in [0.2, 0.25) is 0 Å². The monoisotopic (exact) mass is 271 g/mol. The first-order chi connectivity index (χ1) is 8.65. The second-order valence-electron chi connectivity index (χ2n) is 4.85. The van der Waals surface area contributed by atoms with Gasteiger partial charge in [-0.2, -0.15) is 0 Å². The van der Waals surface area contributed by atoms with E-state index in [9.17, 15) is 0 Å². The van der Waals surface area contributed by atoms with Gasteiger partial charge in [0, 0.05) is 17.5 Å². The van der Waals surface area contributed by atoms with Crippen molar-refractivity contribution in [3.05, 3.63) is 22.4 Å². The molecular weight excluding hydrogens is 246 g/mol. The summed E-state index contributed by atoms with van der Waals surface area (Å²) >= 11 is 1.70. The normalized spacial score (nSPS) is 14.9. The van der Waals surface area contributed by atoms with Crippen molar-refractivity contribution in [3.8, 4) is 0 Å². The Morgan fingerprint density at radius 1 is 1.33 bits per heavy atom. The molecule has 0 amide bonds. The molecule has 1 aromatic rings. The summed E-state index contributed by atoms with van der Waals surface area (Å²) in [5, 5.41) is 2.06. The summed E-state index contributed by atoms with van der Waals surface area (Å²) < 4.78 is 11.4. The molecule has 3 nitrogen and oxygen atoms in total. The molecule has 0 spiro atoms. The first-order valence-electron chi connectivity index (χ1n) is 6.63. The highest BCUT2D eigenvalue weighted by Gasteiger charge is 2.19. The molecule has 0 aliphatic carbocycles. The van der Waals surface area contributed by atoms with Crippen molar-refractivity contribution in [1.82, 2.24) is 0 Å². The molecule has 0 fully saturated rings. The zero-order valence-electron chi connectivity index (χ0n) is 11.6. The van der Waals surface area contributed by atoms with Crippen LogP contribution in [0.5, 0.6) is 0 Å². The minimum absolute atomic E-state index is 0.00218. The molecule has 0 saturated carbocycles. The number of hydrogen-bond acceptors (Lipinski definition) is 4. The van der Waals surface area contributed by atoms with Gasteiger partial charge in [0.15, 0.2) is 0 Å². The lowest BCUT2D eigenvalue weighted by Gasteiger charge is -2.22. The fourth-order valence-electron chi connectivity index (χ4n) is 1.64. The Bertz CT molecular complexity index is 301. The van der Waals surface area contributed by atoms with Gasteiger partial charge >= 0.3 is 0 Å². The van der Waals surface area contributed by atoms with Gasteiger partial charge in [0.05, 0.1) is 13.2 Å². The van der Waals surface area contributed by atoms with Crippen LogP contribution in [-0.2, 0) is 9.47 Å². The molecule has 0 bridgehead atoms. The molecule has 1 heterocycles.